The van der Waals surface area contributed by atoms with Crippen molar-refractivity contribution in [2.75, 3.05) is 13.2 Å². The van der Waals surface area contributed by atoms with E-state index in [0.717, 1.165) is 43.6 Å². The summed E-state index contributed by atoms with van der Waals surface area (Å²) in [6, 6.07) is 35.1. The lowest BCUT2D eigenvalue weighted by Gasteiger charge is -2.19. The van der Waals surface area contributed by atoms with E-state index in [9.17, 15) is 10.2 Å². The summed E-state index contributed by atoms with van der Waals surface area (Å²) in [5.74, 6) is 0.137. The van der Waals surface area contributed by atoms with Gasteiger partial charge in [0, 0.05) is 54.6 Å². The highest BCUT2D eigenvalue weighted by atomic mass is 32.1. The van der Waals surface area contributed by atoms with Gasteiger partial charge in [0.25, 0.3) is 0 Å². The zero-order chi connectivity index (χ0) is 52.8. The Bertz CT molecular complexity index is 3400. The molecule has 0 aliphatic rings. The van der Waals surface area contributed by atoms with Crippen molar-refractivity contribution in [3.8, 4) is 55.3 Å². The molecule has 74 heavy (non-hydrogen) atoms. The summed E-state index contributed by atoms with van der Waals surface area (Å²) in [6.07, 6.45) is 1.19. The van der Waals surface area contributed by atoms with Crippen LogP contribution in [0.25, 0.3) is 75.9 Å². The number of nitrogens with zero attached hydrogens (tertiary/aromatic N) is 2. The van der Waals surface area contributed by atoms with E-state index in [-0.39, 0.29) is 33.2 Å². The molecule has 4 aromatic heterocycles. The van der Waals surface area contributed by atoms with Gasteiger partial charge in [0.15, 0.2) is 11.5 Å². The van der Waals surface area contributed by atoms with Gasteiger partial charge in [-0.25, -0.2) is 8.78 Å². The van der Waals surface area contributed by atoms with E-state index in [0.29, 0.717) is 69.8 Å². The van der Waals surface area contributed by atoms with Crippen LogP contribution in [0.15, 0.2) is 120 Å². The van der Waals surface area contributed by atoms with Crippen LogP contribution in [-0.2, 0) is 21.7 Å². The maximum atomic E-state index is 15.1. The molecule has 10 heteroatoms. The Morgan fingerprint density at radius 3 is 0.986 bits per heavy atom. The first-order chi connectivity index (χ1) is 34.9. The summed E-state index contributed by atoms with van der Waals surface area (Å²) in [5, 5.41) is 33.7. The molecule has 6 aromatic carbocycles. The van der Waals surface area contributed by atoms with Crippen LogP contribution in [0, 0.1) is 11.6 Å². The number of ether oxygens (including phenoxy) is 2. The van der Waals surface area contributed by atoms with Crippen molar-refractivity contribution in [3.63, 3.8) is 0 Å². The number of halogens is 2. The average Bonchev–Trinajstić information content (AvgIpc) is 4.08. The maximum Gasteiger partial charge on any atom is 0.158 e. The molecule has 0 saturated heterocycles. The van der Waals surface area contributed by atoms with Gasteiger partial charge < -0.3 is 19.7 Å². The number of hydrogen-bond donors (Lipinski definition) is 2. The van der Waals surface area contributed by atoms with Crippen LogP contribution >= 0.6 is 22.7 Å². The van der Waals surface area contributed by atoms with E-state index in [4.69, 9.17) is 9.47 Å². The highest BCUT2D eigenvalue weighted by Gasteiger charge is 2.27. The molecule has 0 spiro atoms. The van der Waals surface area contributed by atoms with Gasteiger partial charge in [-0.3, -0.25) is 9.13 Å². The molecule has 6 nitrogen and oxygen atoms in total. The van der Waals surface area contributed by atoms with Crippen LogP contribution in [0.1, 0.15) is 118 Å². The Labute approximate surface area is 441 Å². The van der Waals surface area contributed by atoms with Gasteiger partial charge in [0.1, 0.15) is 33.1 Å². The van der Waals surface area contributed by atoms with Gasteiger partial charge in [0.2, 0.25) is 0 Å². The number of unbranched alkanes of at least 4 members (excludes halogenated alkanes) is 1. The molecule has 0 saturated carbocycles. The predicted octanol–water partition coefficient (Wildman–Crippen LogP) is 18.5. The van der Waals surface area contributed by atoms with Crippen LogP contribution in [0.5, 0.6) is 23.0 Å². The molecular weight excluding hydrogens is 963 g/mol. The van der Waals surface area contributed by atoms with Crippen molar-refractivity contribution in [1.82, 2.24) is 9.13 Å². The second-order valence-electron chi connectivity index (χ2n) is 23.9. The van der Waals surface area contributed by atoms with E-state index >= 15 is 8.78 Å². The molecule has 0 aliphatic carbocycles. The Kier molecular flexibility index (Phi) is 12.8. The quantitative estimate of drug-likeness (QED) is 0.127. The number of aromatic nitrogens is 2. The standard InChI is InChI=1S/C64H66F2N2O4S2/c1-61(2,3)37-15-21-51-43(29-37)44-30-38(62(4,5)6)16-22-52(44)67(51)59-57(69)49(35-73-59)47-33-41(65)19-25-55(47)71-27-13-14-28-72-56-26-20-42(66)34-48(56)50-36-74-60(58(50)70)68-53-23-17-39(63(7,8)9)31-45(53)46-32-40(64(10,11)12)18-24-54(46)68/h15-26,29-36,69-70H,13-14,27-28H2,1-12H3. The summed E-state index contributed by atoms with van der Waals surface area (Å²) in [6.45, 7) is 27.2. The fraction of sp³-hybridized carbons (Fsp3) is 0.312. The Morgan fingerprint density at radius 2 is 0.703 bits per heavy atom. The van der Waals surface area contributed by atoms with Gasteiger partial charge in [-0.05, 0) is 142 Å². The topological polar surface area (TPSA) is 68.8 Å². The fourth-order valence-corrected chi connectivity index (χ4v) is 12.0. The van der Waals surface area contributed by atoms with E-state index < -0.39 is 11.6 Å². The van der Waals surface area contributed by atoms with Gasteiger partial charge in [0.05, 0.1) is 35.3 Å². The van der Waals surface area contributed by atoms with E-state index in [1.54, 1.807) is 12.1 Å². The minimum atomic E-state index is -0.437. The van der Waals surface area contributed by atoms with Crippen LogP contribution in [0.3, 0.4) is 0 Å². The number of thiophene rings is 2. The number of aromatic hydroxyl groups is 2. The van der Waals surface area contributed by atoms with E-state index in [2.05, 4.69) is 165 Å². The largest absolute Gasteiger partial charge is 0.504 e. The predicted molar refractivity (Wildman–Crippen MR) is 306 cm³/mol. The minimum absolute atomic E-state index is 0.0516. The summed E-state index contributed by atoms with van der Waals surface area (Å²) in [5.41, 5.74) is 10.5. The van der Waals surface area contributed by atoms with Crippen molar-refractivity contribution in [2.45, 2.75) is 118 Å². The van der Waals surface area contributed by atoms with Gasteiger partial charge in [-0.15, -0.1) is 22.7 Å². The minimum Gasteiger partial charge on any atom is -0.504 e. The molecular formula is C64H66F2N2O4S2. The monoisotopic (exact) mass is 1030 g/mol. The molecule has 0 fully saturated rings. The van der Waals surface area contributed by atoms with Gasteiger partial charge in [-0.2, -0.15) is 0 Å². The molecule has 4 heterocycles. The number of rotatable bonds is 11. The first-order valence-corrected chi connectivity index (χ1v) is 27.3. The normalized spacial score (nSPS) is 12.8. The van der Waals surface area contributed by atoms with E-state index in [1.165, 1.54) is 69.2 Å². The Morgan fingerprint density at radius 1 is 0.405 bits per heavy atom. The van der Waals surface area contributed by atoms with Crippen LogP contribution in [-0.4, -0.2) is 32.6 Å². The van der Waals surface area contributed by atoms with E-state index in [1.807, 2.05) is 10.8 Å². The Hall–Kier alpha value is -6.62. The molecule has 0 unspecified atom stereocenters. The number of hydrogen-bond acceptors (Lipinski definition) is 6. The second-order valence-corrected chi connectivity index (χ2v) is 25.6. The van der Waals surface area contributed by atoms with Crippen molar-refractivity contribution in [1.29, 1.82) is 0 Å². The van der Waals surface area contributed by atoms with Gasteiger partial charge >= 0.3 is 0 Å². The van der Waals surface area contributed by atoms with Crippen LogP contribution < -0.4 is 9.47 Å². The Balaban J connectivity index is 0.877. The third kappa shape index (κ3) is 9.33. The van der Waals surface area contributed by atoms with Crippen molar-refractivity contribution < 1.29 is 28.5 Å². The van der Waals surface area contributed by atoms with Gasteiger partial charge in [-0.1, -0.05) is 107 Å². The molecule has 10 aromatic rings. The molecule has 0 amide bonds. The summed E-state index contributed by atoms with van der Waals surface area (Å²) in [4.78, 5) is 0. The first kappa shape index (κ1) is 50.9. The molecule has 0 radical (unpaired) electrons. The summed E-state index contributed by atoms with van der Waals surface area (Å²) in [7, 11) is 0. The number of fused-ring (bicyclic) bond motifs is 6. The molecule has 0 aliphatic heterocycles. The SMILES string of the molecule is CC(C)(C)c1ccc2c(c1)c1cc(C(C)(C)C)ccc1n2-c1scc(-c2cc(F)ccc2OCCCCOc2ccc(F)cc2-c2csc(-n3c4ccc(C(C)(C)C)cc4c4cc(C(C)(C)C)ccc43)c2O)c1O. The summed E-state index contributed by atoms with van der Waals surface area (Å²) >= 11 is 2.82. The molecule has 10 rings (SSSR count). The fourth-order valence-electron chi connectivity index (χ4n) is 9.98. The molecule has 0 bridgehead atoms. The number of benzene rings is 6. The average molecular weight is 1030 g/mol. The zero-order valence-corrected chi connectivity index (χ0v) is 46.2. The maximum absolute atomic E-state index is 15.1. The summed E-state index contributed by atoms with van der Waals surface area (Å²) < 4.78 is 47.1. The second kappa shape index (κ2) is 18.6. The highest BCUT2D eigenvalue weighted by Crippen LogP contribution is 2.49. The first-order valence-electron chi connectivity index (χ1n) is 25.5. The lowest BCUT2D eigenvalue weighted by Crippen LogP contribution is -2.10. The van der Waals surface area contributed by atoms with Crippen molar-refractivity contribution in [3.05, 3.63) is 154 Å². The highest BCUT2D eigenvalue weighted by molar-refractivity contribution is 7.14. The van der Waals surface area contributed by atoms with Crippen molar-refractivity contribution >= 4 is 66.3 Å². The van der Waals surface area contributed by atoms with Crippen LogP contribution in [0.2, 0.25) is 0 Å². The molecule has 382 valence electrons. The third-order valence-electron chi connectivity index (χ3n) is 14.4. The van der Waals surface area contributed by atoms with Crippen LogP contribution in [0.4, 0.5) is 8.78 Å². The smallest absolute Gasteiger partial charge is 0.158 e. The molecule has 0 atom stereocenters. The molecule has 2 N–H and O–H groups in total. The van der Waals surface area contributed by atoms with Crippen molar-refractivity contribution in [2.24, 2.45) is 0 Å². The lowest BCUT2D eigenvalue weighted by molar-refractivity contribution is 0.267. The lowest BCUT2D eigenvalue weighted by atomic mass is 9.85. The zero-order valence-electron chi connectivity index (χ0n) is 44.6. The third-order valence-corrected chi connectivity index (χ3v) is 16.3.